The van der Waals surface area contributed by atoms with Crippen LogP contribution < -0.4 is 9.47 Å². The molecule has 0 amide bonds. The summed E-state index contributed by atoms with van der Waals surface area (Å²) in [5.74, 6) is 0.464. The van der Waals surface area contributed by atoms with Crippen LogP contribution in [0.25, 0.3) is 5.69 Å². The molecule has 3 heterocycles. The van der Waals surface area contributed by atoms with E-state index in [9.17, 15) is 10.1 Å². The smallest absolute Gasteiger partial charge is 0.415 e. The molecule has 0 bridgehead atoms. The van der Waals surface area contributed by atoms with Gasteiger partial charge in [-0.15, -0.1) is 0 Å². The topological polar surface area (TPSA) is 110 Å². The van der Waals surface area contributed by atoms with E-state index in [0.717, 1.165) is 5.69 Å². The number of imidazole rings is 1. The zero-order valence-electron chi connectivity index (χ0n) is 13.3. The first-order valence-corrected chi connectivity index (χ1v) is 7.51. The predicted octanol–water partition coefficient (Wildman–Crippen LogP) is 1.60. The SMILES string of the molecule is C[C@]1(COc2ccc(-n3cncn3)cc2)Cn2cc([N+](=O)[O-])nc2O1. The number of aromatic nitrogens is 5. The van der Waals surface area contributed by atoms with Crippen molar-refractivity contribution in [3.05, 3.63) is 53.2 Å². The van der Waals surface area contributed by atoms with E-state index in [1.54, 1.807) is 15.6 Å². The Balaban J connectivity index is 1.40. The van der Waals surface area contributed by atoms with Crippen LogP contribution in [0.5, 0.6) is 11.8 Å². The molecule has 1 aromatic carbocycles. The standard InChI is InChI=1S/C15H14N6O4/c1-15(7-19-6-13(21(22)23)18-14(19)25-15)8-24-12-4-2-11(3-5-12)20-10-16-9-17-20/h2-6,9-10H,7-8H2,1H3/t15-/m1/s1. The molecule has 10 nitrogen and oxygen atoms in total. The number of hydrogen-bond donors (Lipinski definition) is 0. The molecular formula is C15H14N6O4. The van der Waals surface area contributed by atoms with Crippen LogP contribution in [0, 0.1) is 10.1 Å². The molecule has 0 saturated heterocycles. The molecule has 4 rings (SSSR count). The van der Waals surface area contributed by atoms with E-state index in [0.29, 0.717) is 12.3 Å². The average molecular weight is 342 g/mol. The van der Waals surface area contributed by atoms with E-state index in [-0.39, 0.29) is 18.4 Å². The predicted molar refractivity (Wildman–Crippen MR) is 84.8 cm³/mol. The largest absolute Gasteiger partial charge is 0.489 e. The molecule has 1 atom stereocenters. The highest BCUT2D eigenvalue weighted by atomic mass is 16.6. The number of fused-ring (bicyclic) bond motifs is 1. The van der Waals surface area contributed by atoms with Crippen LogP contribution in [0.3, 0.4) is 0 Å². The van der Waals surface area contributed by atoms with Crippen LogP contribution in [0.4, 0.5) is 5.82 Å². The lowest BCUT2D eigenvalue weighted by Crippen LogP contribution is -2.38. The van der Waals surface area contributed by atoms with E-state index >= 15 is 0 Å². The molecule has 0 radical (unpaired) electrons. The highest BCUT2D eigenvalue weighted by molar-refractivity contribution is 5.36. The quantitative estimate of drug-likeness (QED) is 0.511. The van der Waals surface area contributed by atoms with Crippen molar-refractivity contribution in [1.29, 1.82) is 0 Å². The highest BCUT2D eigenvalue weighted by Crippen LogP contribution is 2.31. The van der Waals surface area contributed by atoms with Gasteiger partial charge >= 0.3 is 11.8 Å². The number of ether oxygens (including phenoxy) is 2. The second-order valence-electron chi connectivity index (χ2n) is 5.94. The maximum absolute atomic E-state index is 10.7. The first-order valence-electron chi connectivity index (χ1n) is 7.51. The minimum Gasteiger partial charge on any atom is -0.489 e. The Hall–Kier alpha value is -3.43. The lowest BCUT2D eigenvalue weighted by Gasteiger charge is -2.22. The Morgan fingerprint density at radius 1 is 1.40 bits per heavy atom. The first kappa shape index (κ1) is 15.1. The van der Waals surface area contributed by atoms with E-state index in [4.69, 9.17) is 9.47 Å². The zero-order valence-corrected chi connectivity index (χ0v) is 13.3. The Morgan fingerprint density at radius 2 is 2.20 bits per heavy atom. The number of nitro groups is 1. The van der Waals surface area contributed by atoms with Gasteiger partial charge in [0.15, 0.2) is 5.60 Å². The normalized spacial score (nSPS) is 18.6. The summed E-state index contributed by atoms with van der Waals surface area (Å²) in [6, 6.07) is 7.64. The third-order valence-corrected chi connectivity index (χ3v) is 3.82. The van der Waals surface area contributed by atoms with Crippen molar-refractivity contribution in [2.24, 2.45) is 0 Å². The van der Waals surface area contributed by atoms with Crippen molar-refractivity contribution < 1.29 is 14.4 Å². The van der Waals surface area contributed by atoms with Gasteiger partial charge in [0.2, 0.25) is 0 Å². The Kier molecular flexibility index (Phi) is 3.38. The summed E-state index contributed by atoms with van der Waals surface area (Å²) < 4.78 is 14.8. The van der Waals surface area contributed by atoms with Crippen LogP contribution in [-0.2, 0) is 6.54 Å². The van der Waals surface area contributed by atoms with Gasteiger partial charge in [-0.2, -0.15) is 5.10 Å². The summed E-state index contributed by atoms with van der Waals surface area (Å²) in [5, 5.41) is 14.8. The average Bonchev–Trinajstić information content (AvgIpc) is 3.29. The van der Waals surface area contributed by atoms with E-state index in [2.05, 4.69) is 15.1 Å². The summed E-state index contributed by atoms with van der Waals surface area (Å²) in [4.78, 5) is 17.9. The van der Waals surface area contributed by atoms with Gasteiger partial charge in [-0.3, -0.25) is 4.57 Å². The van der Waals surface area contributed by atoms with Gasteiger partial charge in [0.25, 0.3) is 0 Å². The van der Waals surface area contributed by atoms with Gasteiger partial charge in [-0.05, 0) is 36.1 Å². The van der Waals surface area contributed by atoms with E-state index in [1.165, 1.54) is 12.5 Å². The highest BCUT2D eigenvalue weighted by Gasteiger charge is 2.41. The third kappa shape index (κ3) is 2.89. The molecular weight excluding hydrogens is 328 g/mol. The van der Waals surface area contributed by atoms with Crippen molar-refractivity contribution in [3.8, 4) is 17.4 Å². The minimum absolute atomic E-state index is 0.221. The minimum atomic E-state index is -0.637. The number of hydrogen-bond acceptors (Lipinski definition) is 7. The molecule has 0 unspecified atom stereocenters. The van der Waals surface area contributed by atoms with Crippen molar-refractivity contribution >= 4 is 5.82 Å². The fourth-order valence-corrected chi connectivity index (χ4v) is 2.63. The maximum Gasteiger partial charge on any atom is 0.415 e. The van der Waals surface area contributed by atoms with Gasteiger partial charge in [0.1, 0.15) is 31.2 Å². The summed E-state index contributed by atoms with van der Waals surface area (Å²) in [7, 11) is 0. The van der Waals surface area contributed by atoms with Gasteiger partial charge in [0.05, 0.1) is 12.2 Å². The summed E-state index contributed by atoms with van der Waals surface area (Å²) in [6.45, 7) is 2.59. The molecule has 1 aliphatic rings. The van der Waals surface area contributed by atoms with Crippen LogP contribution in [0.15, 0.2) is 43.1 Å². The molecule has 128 valence electrons. The molecule has 0 fully saturated rings. The molecule has 1 aliphatic heterocycles. The van der Waals surface area contributed by atoms with Crippen LogP contribution in [0.1, 0.15) is 6.92 Å². The first-order chi connectivity index (χ1) is 12.0. The number of nitrogens with zero attached hydrogens (tertiary/aromatic N) is 6. The number of rotatable bonds is 5. The lowest BCUT2D eigenvalue weighted by molar-refractivity contribution is -0.389. The van der Waals surface area contributed by atoms with Crippen molar-refractivity contribution in [2.75, 3.05) is 6.61 Å². The van der Waals surface area contributed by atoms with Crippen LogP contribution in [-0.4, -0.2) is 41.4 Å². The Morgan fingerprint density at radius 3 is 2.84 bits per heavy atom. The van der Waals surface area contributed by atoms with Gasteiger partial charge in [0, 0.05) is 4.98 Å². The molecule has 0 N–H and O–H groups in total. The second kappa shape index (κ2) is 5.58. The third-order valence-electron chi connectivity index (χ3n) is 3.82. The lowest BCUT2D eigenvalue weighted by atomic mass is 10.1. The fourth-order valence-electron chi connectivity index (χ4n) is 2.63. The monoisotopic (exact) mass is 342 g/mol. The van der Waals surface area contributed by atoms with Crippen LogP contribution >= 0.6 is 0 Å². The van der Waals surface area contributed by atoms with Gasteiger partial charge in [-0.25, -0.2) is 9.67 Å². The molecule has 0 saturated carbocycles. The summed E-state index contributed by atoms with van der Waals surface area (Å²) >= 11 is 0. The van der Waals surface area contributed by atoms with Crippen molar-refractivity contribution in [1.82, 2.24) is 24.3 Å². The van der Waals surface area contributed by atoms with Crippen LogP contribution in [0.2, 0.25) is 0 Å². The van der Waals surface area contributed by atoms with E-state index in [1.807, 2.05) is 31.2 Å². The van der Waals surface area contributed by atoms with Crippen molar-refractivity contribution in [3.63, 3.8) is 0 Å². The van der Waals surface area contributed by atoms with Crippen molar-refractivity contribution in [2.45, 2.75) is 19.1 Å². The Labute approximate surface area is 141 Å². The zero-order chi connectivity index (χ0) is 17.4. The molecule has 2 aromatic heterocycles. The molecule has 10 heteroatoms. The Bertz CT molecular complexity index is 879. The second-order valence-corrected chi connectivity index (χ2v) is 5.94. The summed E-state index contributed by atoms with van der Waals surface area (Å²) in [6.07, 6.45) is 4.45. The van der Waals surface area contributed by atoms with Gasteiger partial charge in [-0.1, -0.05) is 0 Å². The molecule has 0 spiro atoms. The maximum atomic E-state index is 10.7. The van der Waals surface area contributed by atoms with Gasteiger partial charge < -0.3 is 19.6 Å². The molecule has 25 heavy (non-hydrogen) atoms. The fraction of sp³-hybridized carbons (Fsp3) is 0.267. The molecule has 0 aliphatic carbocycles. The molecule has 3 aromatic rings. The van der Waals surface area contributed by atoms with E-state index < -0.39 is 10.5 Å². The number of benzene rings is 1. The summed E-state index contributed by atoms with van der Waals surface area (Å²) in [5.41, 5.74) is 0.239.